The highest BCUT2D eigenvalue weighted by Crippen LogP contribution is 2.15. The summed E-state index contributed by atoms with van der Waals surface area (Å²) < 4.78 is 5.28. The summed E-state index contributed by atoms with van der Waals surface area (Å²) >= 11 is 0. The Morgan fingerprint density at radius 1 is 0.594 bits per heavy atom. The molecule has 0 aliphatic carbocycles. The van der Waals surface area contributed by atoms with Gasteiger partial charge in [0.05, 0.1) is 12.2 Å². The van der Waals surface area contributed by atoms with Crippen molar-refractivity contribution in [3.8, 4) is 5.75 Å². The Hall–Kier alpha value is -1.51. The first-order valence-electron chi connectivity index (χ1n) is 13.7. The molecule has 0 heterocycles. The van der Waals surface area contributed by atoms with Crippen molar-refractivity contribution < 1.29 is 14.6 Å². The second kappa shape index (κ2) is 21.3. The topological polar surface area (TPSA) is 46.5 Å². The van der Waals surface area contributed by atoms with E-state index in [1.54, 1.807) is 12.1 Å². The van der Waals surface area contributed by atoms with E-state index in [-0.39, 0.29) is 11.7 Å². The lowest BCUT2D eigenvalue weighted by atomic mass is 10.0. The fourth-order valence-electron chi connectivity index (χ4n) is 4.20. The lowest BCUT2D eigenvalue weighted by Crippen LogP contribution is -2.06. The molecule has 0 fully saturated rings. The van der Waals surface area contributed by atoms with E-state index in [0.29, 0.717) is 12.2 Å². The number of aromatic hydroxyl groups is 1. The highest BCUT2D eigenvalue weighted by atomic mass is 16.5. The normalized spacial score (nSPS) is 11.0. The van der Waals surface area contributed by atoms with Gasteiger partial charge in [0.2, 0.25) is 0 Å². The van der Waals surface area contributed by atoms with Crippen molar-refractivity contribution in [2.24, 2.45) is 0 Å². The number of benzene rings is 1. The number of hydrogen-bond acceptors (Lipinski definition) is 3. The van der Waals surface area contributed by atoms with E-state index in [9.17, 15) is 9.90 Å². The first-order valence-corrected chi connectivity index (χ1v) is 13.7. The third-order valence-electron chi connectivity index (χ3n) is 6.33. The van der Waals surface area contributed by atoms with Gasteiger partial charge in [0.1, 0.15) is 5.75 Å². The molecule has 0 saturated heterocycles. The Bertz CT molecular complexity index is 538. The van der Waals surface area contributed by atoms with Crippen molar-refractivity contribution in [1.29, 1.82) is 0 Å². The van der Waals surface area contributed by atoms with E-state index in [4.69, 9.17) is 4.74 Å². The van der Waals surface area contributed by atoms with E-state index in [1.807, 2.05) is 0 Å². The highest BCUT2D eigenvalue weighted by molar-refractivity contribution is 5.89. The molecule has 32 heavy (non-hydrogen) atoms. The van der Waals surface area contributed by atoms with Crippen LogP contribution < -0.4 is 0 Å². The van der Waals surface area contributed by atoms with Crippen LogP contribution in [0.3, 0.4) is 0 Å². The minimum atomic E-state index is -0.303. The van der Waals surface area contributed by atoms with Crippen LogP contribution in [0, 0.1) is 0 Å². The van der Waals surface area contributed by atoms with E-state index in [0.717, 1.165) is 12.8 Å². The number of carbonyl (C=O) groups excluding carboxylic acids is 1. The molecular formula is C29H50O3. The molecule has 0 bridgehead atoms. The zero-order valence-corrected chi connectivity index (χ0v) is 20.9. The molecule has 1 rings (SSSR count). The Balaban J connectivity index is 1.73. The first kappa shape index (κ1) is 28.5. The van der Waals surface area contributed by atoms with Crippen molar-refractivity contribution in [2.75, 3.05) is 6.61 Å². The van der Waals surface area contributed by atoms with Gasteiger partial charge in [-0.2, -0.15) is 0 Å². The number of ether oxygens (including phenoxy) is 1. The van der Waals surface area contributed by atoms with Crippen LogP contribution >= 0.6 is 0 Å². The molecule has 1 N–H and O–H groups in total. The number of esters is 1. The van der Waals surface area contributed by atoms with Crippen molar-refractivity contribution in [3.63, 3.8) is 0 Å². The van der Waals surface area contributed by atoms with Crippen molar-refractivity contribution in [2.45, 2.75) is 135 Å². The van der Waals surface area contributed by atoms with Crippen molar-refractivity contribution >= 4 is 5.97 Å². The van der Waals surface area contributed by atoms with Gasteiger partial charge in [0.15, 0.2) is 0 Å². The van der Waals surface area contributed by atoms with Crippen molar-refractivity contribution in [1.82, 2.24) is 0 Å². The summed E-state index contributed by atoms with van der Waals surface area (Å²) in [5.41, 5.74) is 0.496. The number of phenolic OH excluding ortho intramolecular Hbond substituents is 1. The van der Waals surface area contributed by atoms with Gasteiger partial charge in [-0.25, -0.2) is 4.79 Å². The van der Waals surface area contributed by atoms with Crippen LogP contribution in [0.25, 0.3) is 0 Å². The SMILES string of the molecule is CCCCCCCCCCCCCCCCCCCCCCOC(=O)c1ccc(O)cc1. The molecule has 1 aromatic carbocycles. The number of unbranched alkanes of at least 4 members (excludes halogenated alkanes) is 19. The van der Waals surface area contributed by atoms with E-state index in [1.165, 1.54) is 128 Å². The maximum absolute atomic E-state index is 11.9. The van der Waals surface area contributed by atoms with E-state index < -0.39 is 0 Å². The summed E-state index contributed by atoms with van der Waals surface area (Å²) in [5, 5.41) is 9.24. The Labute approximate surface area is 198 Å². The predicted molar refractivity (Wildman–Crippen MR) is 136 cm³/mol. The van der Waals surface area contributed by atoms with E-state index in [2.05, 4.69) is 6.92 Å². The standard InChI is InChI=1S/C29H50O3/c1-2-3-4-5-6-7-8-9-10-11-12-13-14-15-16-17-18-19-20-21-26-32-29(31)27-22-24-28(30)25-23-27/h22-25,30H,2-21,26H2,1H3. The molecule has 0 atom stereocenters. The van der Waals surface area contributed by atoms with Crippen LogP contribution in [0.2, 0.25) is 0 Å². The minimum absolute atomic E-state index is 0.163. The largest absolute Gasteiger partial charge is 0.508 e. The average molecular weight is 447 g/mol. The predicted octanol–water partition coefficient (Wildman–Crippen LogP) is 9.37. The molecule has 0 aliphatic heterocycles. The lowest BCUT2D eigenvalue weighted by molar-refractivity contribution is 0.0497. The van der Waals surface area contributed by atoms with Crippen LogP contribution in [0.4, 0.5) is 0 Å². The molecular weight excluding hydrogens is 396 g/mol. The third kappa shape index (κ3) is 17.1. The van der Waals surface area contributed by atoms with Gasteiger partial charge in [-0.05, 0) is 30.7 Å². The Morgan fingerprint density at radius 3 is 1.31 bits per heavy atom. The summed E-state index contributed by atoms with van der Waals surface area (Å²) in [4.78, 5) is 11.9. The first-order chi connectivity index (χ1) is 15.7. The van der Waals surface area contributed by atoms with Crippen LogP contribution in [0.1, 0.15) is 146 Å². The number of rotatable bonds is 22. The second-order valence-electron chi connectivity index (χ2n) is 9.40. The Kier molecular flexibility index (Phi) is 19.0. The molecule has 1 aromatic rings. The molecule has 0 aromatic heterocycles. The average Bonchev–Trinajstić information content (AvgIpc) is 2.80. The lowest BCUT2D eigenvalue weighted by Gasteiger charge is -2.05. The summed E-state index contributed by atoms with van der Waals surface area (Å²) in [7, 11) is 0. The monoisotopic (exact) mass is 446 g/mol. The molecule has 3 nitrogen and oxygen atoms in total. The smallest absolute Gasteiger partial charge is 0.338 e. The molecule has 0 radical (unpaired) electrons. The van der Waals surface area contributed by atoms with Gasteiger partial charge in [-0.15, -0.1) is 0 Å². The number of phenols is 1. The summed E-state index contributed by atoms with van der Waals surface area (Å²) in [6.45, 7) is 2.77. The molecule has 0 spiro atoms. The maximum Gasteiger partial charge on any atom is 0.338 e. The van der Waals surface area contributed by atoms with Crippen LogP contribution in [-0.2, 0) is 4.74 Å². The maximum atomic E-state index is 11.9. The van der Waals surface area contributed by atoms with Gasteiger partial charge < -0.3 is 9.84 Å². The molecule has 0 amide bonds. The zero-order chi connectivity index (χ0) is 23.1. The number of hydrogen-bond donors (Lipinski definition) is 1. The minimum Gasteiger partial charge on any atom is -0.508 e. The second-order valence-corrected chi connectivity index (χ2v) is 9.40. The number of carbonyl (C=O) groups is 1. The fraction of sp³-hybridized carbons (Fsp3) is 0.759. The molecule has 184 valence electrons. The highest BCUT2D eigenvalue weighted by Gasteiger charge is 2.06. The van der Waals surface area contributed by atoms with Gasteiger partial charge >= 0.3 is 5.97 Å². The summed E-state index contributed by atoms with van der Waals surface area (Å²) in [6, 6.07) is 6.20. The zero-order valence-electron chi connectivity index (χ0n) is 20.9. The molecule has 0 saturated carbocycles. The third-order valence-corrected chi connectivity index (χ3v) is 6.33. The van der Waals surface area contributed by atoms with Gasteiger partial charge in [-0.3, -0.25) is 0 Å². The van der Waals surface area contributed by atoms with Gasteiger partial charge in [0, 0.05) is 0 Å². The van der Waals surface area contributed by atoms with Crippen LogP contribution in [-0.4, -0.2) is 17.7 Å². The van der Waals surface area contributed by atoms with Gasteiger partial charge in [-0.1, -0.05) is 129 Å². The molecule has 3 heteroatoms. The van der Waals surface area contributed by atoms with Crippen molar-refractivity contribution in [3.05, 3.63) is 29.8 Å². The van der Waals surface area contributed by atoms with Gasteiger partial charge in [0.25, 0.3) is 0 Å². The quantitative estimate of drug-likeness (QED) is 0.142. The summed E-state index contributed by atoms with van der Waals surface area (Å²) in [5.74, 6) is -0.140. The fourth-order valence-corrected chi connectivity index (χ4v) is 4.20. The Morgan fingerprint density at radius 2 is 0.938 bits per heavy atom. The van der Waals surface area contributed by atoms with Crippen LogP contribution in [0.5, 0.6) is 5.75 Å². The molecule has 0 aliphatic rings. The summed E-state index contributed by atoms with van der Waals surface area (Å²) in [6.07, 6.45) is 27.3. The van der Waals surface area contributed by atoms with Crippen LogP contribution in [0.15, 0.2) is 24.3 Å². The van der Waals surface area contributed by atoms with E-state index >= 15 is 0 Å². The molecule has 0 unspecified atom stereocenters.